The number of nitrogens with zero attached hydrogens (tertiary/aromatic N) is 2. The van der Waals surface area contributed by atoms with E-state index in [0.29, 0.717) is 29.1 Å². The number of methoxy groups -OCH3 is 1. The van der Waals surface area contributed by atoms with E-state index in [1.165, 1.54) is 0 Å². The third-order valence-corrected chi connectivity index (χ3v) is 3.75. The summed E-state index contributed by atoms with van der Waals surface area (Å²) in [4.78, 5) is 0.547. The highest BCUT2D eigenvalue weighted by Gasteiger charge is 2.13. The zero-order valence-electron chi connectivity index (χ0n) is 12.1. The van der Waals surface area contributed by atoms with E-state index in [-0.39, 0.29) is 0 Å². The second kappa shape index (κ2) is 6.80. The quantitative estimate of drug-likeness (QED) is 0.826. The van der Waals surface area contributed by atoms with Crippen molar-refractivity contribution in [2.75, 3.05) is 12.4 Å². The first-order valence-electron chi connectivity index (χ1n) is 6.36. The molecular weight excluding hydrogens is 296 g/mol. The summed E-state index contributed by atoms with van der Waals surface area (Å²) < 4.78 is 31.5. The van der Waals surface area contributed by atoms with E-state index in [1.54, 1.807) is 36.1 Å². The van der Waals surface area contributed by atoms with Gasteiger partial charge in [-0.1, -0.05) is 11.8 Å². The third-order valence-electron chi connectivity index (χ3n) is 3.03. The number of hydrogen-bond donors (Lipinski definition) is 1. The number of anilines is 1. The Morgan fingerprint density at radius 2 is 2.00 bits per heavy atom. The Morgan fingerprint density at radius 1 is 1.33 bits per heavy atom. The molecule has 0 fully saturated rings. The van der Waals surface area contributed by atoms with Crippen molar-refractivity contribution in [2.24, 2.45) is 7.05 Å². The minimum absolute atomic E-state index is 0.539. The molecule has 1 heterocycles. The maximum atomic E-state index is 12.2. The van der Waals surface area contributed by atoms with Crippen LogP contribution in [0, 0.1) is 6.92 Å². The van der Waals surface area contributed by atoms with Crippen molar-refractivity contribution in [1.82, 2.24) is 9.78 Å². The Balaban J connectivity index is 2.03. The molecule has 21 heavy (non-hydrogen) atoms. The van der Waals surface area contributed by atoms with Crippen molar-refractivity contribution in [2.45, 2.75) is 24.1 Å². The molecule has 2 aromatic rings. The van der Waals surface area contributed by atoms with Crippen LogP contribution < -0.4 is 10.1 Å². The predicted octanol–water partition coefficient (Wildman–Crippen LogP) is 3.66. The fraction of sp³-hybridized carbons (Fsp3) is 0.357. The van der Waals surface area contributed by atoms with E-state index < -0.39 is 5.76 Å². The summed E-state index contributed by atoms with van der Waals surface area (Å²) in [6.45, 7) is 2.48. The Labute approximate surface area is 126 Å². The second-order valence-corrected chi connectivity index (χ2v) is 5.52. The van der Waals surface area contributed by atoms with Crippen LogP contribution in [-0.4, -0.2) is 22.6 Å². The van der Waals surface area contributed by atoms with E-state index in [1.807, 2.05) is 14.0 Å². The van der Waals surface area contributed by atoms with Crippen LogP contribution in [0.15, 0.2) is 29.2 Å². The maximum absolute atomic E-state index is 12.2. The van der Waals surface area contributed by atoms with Crippen LogP contribution in [0.1, 0.15) is 11.3 Å². The number of halogens is 2. The summed E-state index contributed by atoms with van der Waals surface area (Å²) in [5.74, 6) is -1.68. The molecule has 0 radical (unpaired) electrons. The number of rotatable bonds is 6. The van der Waals surface area contributed by atoms with Crippen molar-refractivity contribution < 1.29 is 13.5 Å². The minimum Gasteiger partial charge on any atom is -0.481 e. The monoisotopic (exact) mass is 313 g/mol. The van der Waals surface area contributed by atoms with Crippen LogP contribution >= 0.6 is 11.8 Å². The van der Waals surface area contributed by atoms with Crippen LogP contribution in [0.5, 0.6) is 5.88 Å². The van der Waals surface area contributed by atoms with Crippen molar-refractivity contribution in [3.8, 4) is 5.88 Å². The summed E-state index contributed by atoms with van der Waals surface area (Å²) in [7, 11) is 3.43. The van der Waals surface area contributed by atoms with E-state index in [9.17, 15) is 8.78 Å². The zero-order valence-corrected chi connectivity index (χ0v) is 12.9. The summed E-state index contributed by atoms with van der Waals surface area (Å²) in [5, 5.41) is 7.55. The average Bonchev–Trinajstić information content (AvgIpc) is 2.71. The van der Waals surface area contributed by atoms with Gasteiger partial charge in [0.05, 0.1) is 18.4 Å². The fourth-order valence-corrected chi connectivity index (χ4v) is 2.58. The SMILES string of the molecule is COc1c(CNc2ccc(SC(F)F)cc2)c(C)nn1C. The smallest absolute Gasteiger partial charge is 0.288 e. The number of nitrogens with one attached hydrogen (secondary N) is 1. The van der Waals surface area contributed by atoms with Gasteiger partial charge in [-0.3, -0.25) is 0 Å². The molecule has 0 bridgehead atoms. The highest BCUT2D eigenvalue weighted by atomic mass is 32.2. The lowest BCUT2D eigenvalue weighted by Gasteiger charge is -2.09. The number of alkyl halides is 2. The van der Waals surface area contributed by atoms with Crippen molar-refractivity contribution >= 4 is 17.4 Å². The Hall–Kier alpha value is -1.76. The number of aryl methyl sites for hydroxylation is 2. The molecule has 0 spiro atoms. The molecule has 0 aliphatic rings. The van der Waals surface area contributed by atoms with Gasteiger partial charge in [-0.25, -0.2) is 4.68 Å². The fourth-order valence-electron chi connectivity index (χ4n) is 2.08. The summed E-state index contributed by atoms with van der Waals surface area (Å²) >= 11 is 0.539. The van der Waals surface area contributed by atoms with Gasteiger partial charge in [-0.05, 0) is 31.2 Å². The minimum atomic E-state index is -2.40. The molecule has 0 aliphatic heterocycles. The van der Waals surface area contributed by atoms with Gasteiger partial charge in [0, 0.05) is 24.2 Å². The number of hydrogen-bond acceptors (Lipinski definition) is 4. The number of ether oxygens (including phenoxy) is 1. The van der Waals surface area contributed by atoms with Gasteiger partial charge in [-0.15, -0.1) is 0 Å². The molecule has 114 valence electrons. The van der Waals surface area contributed by atoms with Crippen LogP contribution in [0.25, 0.3) is 0 Å². The maximum Gasteiger partial charge on any atom is 0.288 e. The lowest BCUT2D eigenvalue weighted by molar-refractivity contribution is 0.252. The van der Waals surface area contributed by atoms with Gasteiger partial charge in [0.1, 0.15) is 0 Å². The van der Waals surface area contributed by atoms with E-state index in [0.717, 1.165) is 16.9 Å². The standard InChI is InChI=1S/C14H17F2N3OS/c1-9-12(13(20-3)19(2)18-9)8-17-10-4-6-11(7-5-10)21-14(15)16/h4-7,14,17H,8H2,1-3H3. The molecule has 0 saturated carbocycles. The van der Waals surface area contributed by atoms with E-state index >= 15 is 0 Å². The number of benzene rings is 1. The summed E-state index contributed by atoms with van der Waals surface area (Å²) in [6.07, 6.45) is 0. The normalized spacial score (nSPS) is 11.0. The molecule has 0 unspecified atom stereocenters. The van der Waals surface area contributed by atoms with Crippen LogP contribution in [-0.2, 0) is 13.6 Å². The molecule has 1 N–H and O–H groups in total. The van der Waals surface area contributed by atoms with Crippen molar-refractivity contribution in [1.29, 1.82) is 0 Å². The highest BCUT2D eigenvalue weighted by molar-refractivity contribution is 7.99. The Morgan fingerprint density at radius 3 is 2.57 bits per heavy atom. The molecular formula is C14H17F2N3OS. The first kappa shape index (κ1) is 15.6. The van der Waals surface area contributed by atoms with Gasteiger partial charge in [0.2, 0.25) is 5.88 Å². The Bertz CT molecular complexity index is 599. The zero-order chi connectivity index (χ0) is 15.4. The van der Waals surface area contributed by atoms with Gasteiger partial charge in [0.25, 0.3) is 5.76 Å². The van der Waals surface area contributed by atoms with E-state index in [4.69, 9.17) is 4.74 Å². The topological polar surface area (TPSA) is 39.1 Å². The summed E-state index contributed by atoms with van der Waals surface area (Å²) in [6, 6.07) is 6.91. The first-order valence-corrected chi connectivity index (χ1v) is 7.24. The molecule has 0 aliphatic carbocycles. The number of thioether (sulfide) groups is 1. The molecule has 7 heteroatoms. The number of aromatic nitrogens is 2. The molecule has 0 atom stereocenters. The largest absolute Gasteiger partial charge is 0.481 e. The lowest BCUT2D eigenvalue weighted by Crippen LogP contribution is -2.02. The molecule has 1 aromatic carbocycles. The van der Waals surface area contributed by atoms with Crippen molar-refractivity contribution in [3.63, 3.8) is 0 Å². The van der Waals surface area contributed by atoms with Gasteiger partial charge in [0.15, 0.2) is 0 Å². The first-order chi connectivity index (χ1) is 10.0. The average molecular weight is 313 g/mol. The molecule has 4 nitrogen and oxygen atoms in total. The third kappa shape index (κ3) is 3.87. The molecule has 2 rings (SSSR count). The molecule has 0 saturated heterocycles. The molecule has 1 aromatic heterocycles. The lowest BCUT2D eigenvalue weighted by atomic mass is 10.2. The van der Waals surface area contributed by atoms with Gasteiger partial charge in [-0.2, -0.15) is 13.9 Å². The second-order valence-electron chi connectivity index (χ2n) is 4.45. The highest BCUT2D eigenvalue weighted by Crippen LogP contribution is 2.27. The van der Waals surface area contributed by atoms with Crippen LogP contribution in [0.2, 0.25) is 0 Å². The van der Waals surface area contributed by atoms with Crippen LogP contribution in [0.4, 0.5) is 14.5 Å². The molecule has 0 amide bonds. The van der Waals surface area contributed by atoms with Gasteiger partial charge < -0.3 is 10.1 Å². The predicted molar refractivity (Wildman–Crippen MR) is 80.1 cm³/mol. The summed E-state index contributed by atoms with van der Waals surface area (Å²) in [5.41, 5.74) is 2.73. The van der Waals surface area contributed by atoms with E-state index in [2.05, 4.69) is 10.4 Å². The Kier molecular flexibility index (Phi) is 5.06. The van der Waals surface area contributed by atoms with Crippen LogP contribution in [0.3, 0.4) is 0 Å². The van der Waals surface area contributed by atoms with Gasteiger partial charge >= 0.3 is 0 Å². The van der Waals surface area contributed by atoms with Crippen molar-refractivity contribution in [3.05, 3.63) is 35.5 Å².